The largest absolute Gasteiger partial charge is 0.354 e. The number of nitrogens with one attached hydrogen (secondary N) is 2. The van der Waals surface area contributed by atoms with Crippen LogP contribution in [0.25, 0.3) is 0 Å². The number of hydrogen-bond acceptors (Lipinski definition) is 5. The van der Waals surface area contributed by atoms with E-state index in [4.69, 9.17) is 5.26 Å². The number of amides is 1. The van der Waals surface area contributed by atoms with E-state index in [0.29, 0.717) is 25.6 Å². The summed E-state index contributed by atoms with van der Waals surface area (Å²) in [5.74, 6) is -0.0444. The number of nitriles is 1. The Labute approximate surface area is 109 Å². The van der Waals surface area contributed by atoms with E-state index in [1.807, 2.05) is 6.07 Å². The normalized spacial score (nSPS) is 21.5. The highest BCUT2D eigenvalue weighted by Crippen LogP contribution is 2.04. The van der Waals surface area contributed by atoms with Crippen molar-refractivity contribution < 1.29 is 4.79 Å². The van der Waals surface area contributed by atoms with Crippen LogP contribution in [-0.4, -0.2) is 75.1 Å². The number of hydrogen-bond donors (Lipinski definition) is 2. The number of piperazine rings is 1. The molecule has 1 heterocycles. The van der Waals surface area contributed by atoms with Crippen molar-refractivity contribution in [1.82, 2.24) is 20.4 Å². The zero-order chi connectivity index (χ0) is 13.4. The molecule has 1 aliphatic rings. The molecular formula is C12H23N5O. The molecule has 6 nitrogen and oxygen atoms in total. The van der Waals surface area contributed by atoms with Gasteiger partial charge in [0.05, 0.1) is 19.0 Å². The third-order valence-electron chi connectivity index (χ3n) is 3.20. The summed E-state index contributed by atoms with van der Waals surface area (Å²) in [4.78, 5) is 16.0. The van der Waals surface area contributed by atoms with Gasteiger partial charge in [-0.3, -0.25) is 9.69 Å². The molecule has 1 rings (SSSR count). The van der Waals surface area contributed by atoms with Gasteiger partial charge in [-0.05, 0) is 14.1 Å². The Bertz CT molecular complexity index is 301. The van der Waals surface area contributed by atoms with Crippen molar-refractivity contribution in [3.63, 3.8) is 0 Å². The summed E-state index contributed by atoms with van der Waals surface area (Å²) in [7, 11) is 4.24. The molecule has 1 amide bonds. The van der Waals surface area contributed by atoms with Crippen LogP contribution < -0.4 is 10.6 Å². The highest BCUT2D eigenvalue weighted by atomic mass is 16.1. The van der Waals surface area contributed by atoms with Gasteiger partial charge in [0, 0.05) is 38.8 Å². The third-order valence-corrected chi connectivity index (χ3v) is 3.20. The Kier molecular flexibility index (Phi) is 6.65. The van der Waals surface area contributed by atoms with Crippen LogP contribution in [0.5, 0.6) is 0 Å². The van der Waals surface area contributed by atoms with Crippen molar-refractivity contribution in [2.45, 2.75) is 12.5 Å². The number of nitrogens with zero attached hydrogens (tertiary/aromatic N) is 3. The van der Waals surface area contributed by atoms with Crippen LogP contribution in [0, 0.1) is 11.3 Å². The first-order valence-electron chi connectivity index (χ1n) is 6.36. The summed E-state index contributed by atoms with van der Waals surface area (Å²) >= 11 is 0. The van der Waals surface area contributed by atoms with Crippen molar-refractivity contribution in [2.24, 2.45) is 0 Å². The fourth-order valence-electron chi connectivity index (χ4n) is 1.99. The number of carbonyl (C=O) groups excluding carboxylic acids is 1. The van der Waals surface area contributed by atoms with E-state index in [1.54, 1.807) is 0 Å². The van der Waals surface area contributed by atoms with Crippen LogP contribution in [0.3, 0.4) is 0 Å². The highest BCUT2D eigenvalue weighted by molar-refractivity contribution is 5.77. The van der Waals surface area contributed by atoms with Gasteiger partial charge in [0.2, 0.25) is 5.91 Å². The Balaban J connectivity index is 2.13. The predicted molar refractivity (Wildman–Crippen MR) is 70.0 cm³/mol. The van der Waals surface area contributed by atoms with E-state index in [-0.39, 0.29) is 5.91 Å². The first-order chi connectivity index (χ1) is 8.63. The molecule has 18 heavy (non-hydrogen) atoms. The molecule has 0 aromatic heterocycles. The Hall–Kier alpha value is -1.16. The van der Waals surface area contributed by atoms with E-state index in [0.717, 1.165) is 26.2 Å². The summed E-state index contributed by atoms with van der Waals surface area (Å²) in [5.41, 5.74) is 0. The maximum absolute atomic E-state index is 11.4. The Morgan fingerprint density at radius 1 is 1.44 bits per heavy atom. The van der Waals surface area contributed by atoms with Gasteiger partial charge in [-0.15, -0.1) is 0 Å². The number of carbonyl (C=O) groups is 1. The van der Waals surface area contributed by atoms with Gasteiger partial charge < -0.3 is 15.5 Å². The highest BCUT2D eigenvalue weighted by Gasteiger charge is 2.21. The molecule has 0 aliphatic carbocycles. The van der Waals surface area contributed by atoms with Gasteiger partial charge in [0.1, 0.15) is 0 Å². The van der Waals surface area contributed by atoms with E-state index < -0.39 is 0 Å². The molecule has 0 spiro atoms. The maximum Gasteiger partial charge on any atom is 0.233 e. The second kappa shape index (κ2) is 8.03. The van der Waals surface area contributed by atoms with Gasteiger partial charge in [0.25, 0.3) is 0 Å². The third kappa shape index (κ3) is 5.45. The van der Waals surface area contributed by atoms with Gasteiger partial charge in [-0.1, -0.05) is 0 Å². The minimum Gasteiger partial charge on any atom is -0.354 e. The van der Waals surface area contributed by atoms with E-state index in [2.05, 4.69) is 34.5 Å². The van der Waals surface area contributed by atoms with Crippen molar-refractivity contribution in [3.05, 3.63) is 0 Å². The average Bonchev–Trinajstić information content (AvgIpc) is 2.34. The smallest absolute Gasteiger partial charge is 0.233 e. The molecule has 0 aromatic rings. The molecule has 1 unspecified atom stereocenters. The standard InChI is InChI=1S/C12H23N5O/c1-16-6-7-17(2)11(10-16)8-14-9-12(18)15-5-3-4-13/h11,14H,3,5-10H2,1-2H3,(H,15,18). The van der Waals surface area contributed by atoms with Crippen LogP contribution in [-0.2, 0) is 4.79 Å². The molecular weight excluding hydrogens is 230 g/mol. The topological polar surface area (TPSA) is 71.4 Å². The second-order valence-electron chi connectivity index (χ2n) is 4.79. The minimum absolute atomic E-state index is 0.0444. The first-order valence-corrected chi connectivity index (χ1v) is 6.36. The molecule has 1 fully saturated rings. The summed E-state index contributed by atoms with van der Waals surface area (Å²) in [6.45, 7) is 4.76. The summed E-state index contributed by atoms with van der Waals surface area (Å²) in [6.07, 6.45) is 0.363. The van der Waals surface area contributed by atoms with Crippen LogP contribution >= 0.6 is 0 Å². The lowest BCUT2D eigenvalue weighted by molar-refractivity contribution is -0.120. The maximum atomic E-state index is 11.4. The molecule has 0 radical (unpaired) electrons. The molecule has 1 aliphatic heterocycles. The van der Waals surface area contributed by atoms with E-state index in [1.165, 1.54) is 0 Å². The fraction of sp³-hybridized carbons (Fsp3) is 0.833. The summed E-state index contributed by atoms with van der Waals surface area (Å²) < 4.78 is 0. The SMILES string of the molecule is CN1CCN(C)C(CNCC(=O)NCCC#N)C1. The minimum atomic E-state index is -0.0444. The van der Waals surface area contributed by atoms with Crippen LogP contribution in [0.4, 0.5) is 0 Å². The molecule has 0 bridgehead atoms. The molecule has 0 saturated carbocycles. The van der Waals surface area contributed by atoms with Crippen molar-refractivity contribution >= 4 is 5.91 Å². The molecule has 6 heteroatoms. The Morgan fingerprint density at radius 2 is 2.22 bits per heavy atom. The predicted octanol–water partition coefficient (Wildman–Crippen LogP) is -1.15. The number of rotatable bonds is 6. The molecule has 0 aromatic carbocycles. The fourth-order valence-corrected chi connectivity index (χ4v) is 1.99. The number of likely N-dealkylation sites (N-methyl/N-ethyl adjacent to an activating group) is 2. The van der Waals surface area contributed by atoms with Crippen LogP contribution in [0.2, 0.25) is 0 Å². The molecule has 2 N–H and O–H groups in total. The quantitative estimate of drug-likeness (QED) is 0.585. The zero-order valence-corrected chi connectivity index (χ0v) is 11.3. The van der Waals surface area contributed by atoms with Crippen molar-refractivity contribution in [2.75, 3.05) is 53.4 Å². The molecule has 102 valence electrons. The lowest BCUT2D eigenvalue weighted by atomic mass is 10.2. The monoisotopic (exact) mass is 253 g/mol. The summed E-state index contributed by atoms with van der Waals surface area (Å²) in [6, 6.07) is 2.45. The zero-order valence-electron chi connectivity index (χ0n) is 11.3. The van der Waals surface area contributed by atoms with Crippen LogP contribution in [0.1, 0.15) is 6.42 Å². The molecule has 1 saturated heterocycles. The molecule has 1 atom stereocenters. The first kappa shape index (κ1) is 14.9. The van der Waals surface area contributed by atoms with Gasteiger partial charge >= 0.3 is 0 Å². The Morgan fingerprint density at radius 3 is 2.94 bits per heavy atom. The lowest BCUT2D eigenvalue weighted by Gasteiger charge is -2.37. The van der Waals surface area contributed by atoms with Crippen molar-refractivity contribution in [3.8, 4) is 6.07 Å². The van der Waals surface area contributed by atoms with Crippen molar-refractivity contribution in [1.29, 1.82) is 5.26 Å². The van der Waals surface area contributed by atoms with E-state index >= 15 is 0 Å². The van der Waals surface area contributed by atoms with Gasteiger partial charge in [0.15, 0.2) is 0 Å². The second-order valence-corrected chi connectivity index (χ2v) is 4.79. The summed E-state index contributed by atoms with van der Waals surface area (Å²) in [5, 5.41) is 14.2. The van der Waals surface area contributed by atoms with Gasteiger partial charge in [-0.2, -0.15) is 5.26 Å². The van der Waals surface area contributed by atoms with Crippen LogP contribution in [0.15, 0.2) is 0 Å². The lowest BCUT2D eigenvalue weighted by Crippen LogP contribution is -2.54. The average molecular weight is 253 g/mol. The van der Waals surface area contributed by atoms with E-state index in [9.17, 15) is 4.79 Å². The van der Waals surface area contributed by atoms with Gasteiger partial charge in [-0.25, -0.2) is 0 Å².